The van der Waals surface area contributed by atoms with Gasteiger partial charge in [-0.2, -0.15) is 0 Å². The first-order valence-electron chi connectivity index (χ1n) is 10.2. The minimum atomic E-state index is 0.847. The summed E-state index contributed by atoms with van der Waals surface area (Å²) in [6.45, 7) is 2.23. The van der Waals surface area contributed by atoms with Gasteiger partial charge >= 0.3 is 0 Å². The van der Waals surface area contributed by atoms with Crippen LogP contribution in [0.25, 0.3) is 21.9 Å². The summed E-state index contributed by atoms with van der Waals surface area (Å²) in [7, 11) is 1.70. The fourth-order valence-corrected chi connectivity index (χ4v) is 3.72. The molecule has 29 heavy (non-hydrogen) atoms. The van der Waals surface area contributed by atoms with Crippen LogP contribution in [0.15, 0.2) is 84.9 Å². The second-order valence-corrected chi connectivity index (χ2v) is 7.21. The van der Waals surface area contributed by atoms with Crippen molar-refractivity contribution in [1.82, 2.24) is 0 Å². The monoisotopic (exact) mass is 382 g/mol. The number of methoxy groups -OCH3 is 1. The molecule has 0 aliphatic carbocycles. The Morgan fingerprint density at radius 2 is 1.48 bits per heavy atom. The van der Waals surface area contributed by atoms with E-state index in [9.17, 15) is 0 Å². The first kappa shape index (κ1) is 19.1. The molecule has 146 valence electrons. The Balaban J connectivity index is 1.96. The lowest BCUT2D eigenvalue weighted by molar-refractivity contribution is 0.415. The van der Waals surface area contributed by atoms with Crippen LogP contribution in [0.1, 0.15) is 25.3 Å². The third-order valence-electron chi connectivity index (χ3n) is 5.22. The number of hydrogen-bond acceptors (Lipinski definition) is 2. The predicted octanol–water partition coefficient (Wildman–Crippen LogP) is 7.65. The van der Waals surface area contributed by atoms with E-state index in [0.717, 1.165) is 47.5 Å². The van der Waals surface area contributed by atoms with Crippen LogP contribution in [-0.4, -0.2) is 7.11 Å². The average molecular weight is 383 g/mol. The quantitative estimate of drug-likeness (QED) is 0.327. The fourth-order valence-electron chi connectivity index (χ4n) is 3.72. The molecule has 2 heteroatoms. The largest absolute Gasteiger partial charge is 0.497 e. The van der Waals surface area contributed by atoms with E-state index in [1.165, 1.54) is 16.5 Å². The van der Waals surface area contributed by atoms with Crippen molar-refractivity contribution in [2.45, 2.75) is 26.2 Å². The number of fused-ring (bicyclic) bond motifs is 1. The SMILES string of the molecule is CCCCc1cc2ccccc2c(Oc2ccccc2)c1-c1ccc(OC)cc1. The van der Waals surface area contributed by atoms with Crippen LogP contribution in [0.4, 0.5) is 0 Å². The zero-order chi connectivity index (χ0) is 20.1. The lowest BCUT2D eigenvalue weighted by Crippen LogP contribution is -1.97. The van der Waals surface area contributed by atoms with Crippen LogP contribution in [0.3, 0.4) is 0 Å². The Kier molecular flexibility index (Phi) is 5.81. The highest BCUT2D eigenvalue weighted by molar-refractivity contribution is 5.97. The highest BCUT2D eigenvalue weighted by Gasteiger charge is 2.17. The molecule has 4 aromatic carbocycles. The van der Waals surface area contributed by atoms with Crippen LogP contribution in [0, 0.1) is 0 Å². The summed E-state index contributed by atoms with van der Waals surface area (Å²) in [6, 6.07) is 29.1. The van der Waals surface area contributed by atoms with E-state index >= 15 is 0 Å². The molecule has 4 rings (SSSR count). The van der Waals surface area contributed by atoms with Gasteiger partial charge in [0, 0.05) is 10.9 Å². The van der Waals surface area contributed by atoms with Gasteiger partial charge in [0.25, 0.3) is 0 Å². The molecule has 0 unspecified atom stereocenters. The molecule has 0 atom stereocenters. The van der Waals surface area contributed by atoms with Crippen molar-refractivity contribution >= 4 is 10.8 Å². The van der Waals surface area contributed by atoms with Crippen LogP contribution in [0.5, 0.6) is 17.2 Å². The van der Waals surface area contributed by atoms with Crippen molar-refractivity contribution < 1.29 is 9.47 Å². The molecular weight excluding hydrogens is 356 g/mol. The van der Waals surface area contributed by atoms with Gasteiger partial charge in [-0.3, -0.25) is 0 Å². The van der Waals surface area contributed by atoms with E-state index in [4.69, 9.17) is 9.47 Å². The van der Waals surface area contributed by atoms with Crippen molar-refractivity contribution in [2.24, 2.45) is 0 Å². The highest BCUT2D eigenvalue weighted by Crippen LogP contribution is 2.43. The topological polar surface area (TPSA) is 18.5 Å². The van der Waals surface area contributed by atoms with Crippen molar-refractivity contribution in [3.8, 4) is 28.4 Å². The lowest BCUT2D eigenvalue weighted by atomic mass is 9.91. The molecule has 0 saturated carbocycles. The minimum absolute atomic E-state index is 0.847. The maximum absolute atomic E-state index is 6.52. The van der Waals surface area contributed by atoms with Gasteiger partial charge in [-0.05, 0) is 53.6 Å². The van der Waals surface area contributed by atoms with E-state index < -0.39 is 0 Å². The zero-order valence-electron chi connectivity index (χ0n) is 17.0. The van der Waals surface area contributed by atoms with Gasteiger partial charge in [0.2, 0.25) is 0 Å². The van der Waals surface area contributed by atoms with E-state index in [1.807, 2.05) is 42.5 Å². The number of para-hydroxylation sites is 1. The minimum Gasteiger partial charge on any atom is -0.497 e. The second-order valence-electron chi connectivity index (χ2n) is 7.21. The van der Waals surface area contributed by atoms with Crippen molar-refractivity contribution in [2.75, 3.05) is 7.11 Å². The number of ether oxygens (including phenoxy) is 2. The smallest absolute Gasteiger partial charge is 0.143 e. The van der Waals surface area contributed by atoms with Gasteiger partial charge in [-0.25, -0.2) is 0 Å². The summed E-state index contributed by atoms with van der Waals surface area (Å²) < 4.78 is 11.9. The summed E-state index contributed by atoms with van der Waals surface area (Å²) in [6.07, 6.45) is 3.32. The van der Waals surface area contributed by atoms with Crippen molar-refractivity contribution in [1.29, 1.82) is 0 Å². The van der Waals surface area contributed by atoms with Gasteiger partial charge in [0.1, 0.15) is 17.2 Å². The van der Waals surface area contributed by atoms with Crippen molar-refractivity contribution in [3.05, 3.63) is 90.5 Å². The molecular formula is C27H26O2. The molecule has 0 saturated heterocycles. The lowest BCUT2D eigenvalue weighted by Gasteiger charge is -2.19. The van der Waals surface area contributed by atoms with Crippen molar-refractivity contribution in [3.63, 3.8) is 0 Å². The Labute approximate surface area is 172 Å². The first-order chi connectivity index (χ1) is 14.3. The highest BCUT2D eigenvalue weighted by atomic mass is 16.5. The summed E-state index contributed by atoms with van der Waals surface area (Å²) >= 11 is 0. The molecule has 0 spiro atoms. The molecule has 4 aromatic rings. The van der Waals surface area contributed by atoms with Crippen LogP contribution in [-0.2, 0) is 6.42 Å². The third-order valence-corrected chi connectivity index (χ3v) is 5.22. The van der Waals surface area contributed by atoms with Gasteiger partial charge in [0.05, 0.1) is 7.11 Å². The zero-order valence-corrected chi connectivity index (χ0v) is 17.0. The van der Waals surface area contributed by atoms with E-state index in [2.05, 4.69) is 49.4 Å². The molecule has 0 bridgehead atoms. The van der Waals surface area contributed by atoms with E-state index in [-0.39, 0.29) is 0 Å². The summed E-state index contributed by atoms with van der Waals surface area (Å²) in [4.78, 5) is 0. The Morgan fingerprint density at radius 3 is 2.21 bits per heavy atom. The summed E-state index contributed by atoms with van der Waals surface area (Å²) in [5.41, 5.74) is 3.64. The number of rotatable bonds is 7. The normalized spacial score (nSPS) is 10.8. The Hall–Kier alpha value is -3.26. The fraction of sp³-hybridized carbons (Fsp3) is 0.185. The number of hydrogen-bond donors (Lipinski definition) is 0. The van der Waals surface area contributed by atoms with Crippen LogP contribution in [0.2, 0.25) is 0 Å². The van der Waals surface area contributed by atoms with Gasteiger partial charge in [0.15, 0.2) is 0 Å². The molecule has 0 amide bonds. The predicted molar refractivity (Wildman–Crippen MR) is 121 cm³/mol. The van der Waals surface area contributed by atoms with Crippen LogP contribution < -0.4 is 9.47 Å². The maximum Gasteiger partial charge on any atom is 0.143 e. The molecule has 2 nitrogen and oxygen atoms in total. The molecule has 0 aliphatic rings. The number of benzene rings is 4. The maximum atomic E-state index is 6.52. The molecule has 0 radical (unpaired) electrons. The van der Waals surface area contributed by atoms with E-state index in [1.54, 1.807) is 7.11 Å². The number of unbranched alkanes of at least 4 members (excludes halogenated alkanes) is 1. The average Bonchev–Trinajstić information content (AvgIpc) is 2.78. The second kappa shape index (κ2) is 8.83. The van der Waals surface area contributed by atoms with Crippen LogP contribution >= 0.6 is 0 Å². The number of aryl methyl sites for hydroxylation is 1. The standard InChI is InChI=1S/C27H26O2/c1-3-4-10-22-19-21-11-8-9-14-25(21)27(29-24-12-6-5-7-13-24)26(22)20-15-17-23(28-2)18-16-20/h5-9,11-19H,3-4,10H2,1-2H3. The molecule has 0 N–H and O–H groups in total. The molecule has 0 aliphatic heterocycles. The molecule has 0 heterocycles. The Morgan fingerprint density at radius 1 is 0.759 bits per heavy atom. The third kappa shape index (κ3) is 4.12. The van der Waals surface area contributed by atoms with E-state index in [0.29, 0.717) is 0 Å². The molecule has 0 fully saturated rings. The summed E-state index contributed by atoms with van der Waals surface area (Å²) in [5, 5.41) is 2.34. The first-order valence-corrected chi connectivity index (χ1v) is 10.2. The van der Waals surface area contributed by atoms with Gasteiger partial charge in [-0.1, -0.05) is 74.0 Å². The summed E-state index contributed by atoms with van der Waals surface area (Å²) in [5.74, 6) is 2.63. The van der Waals surface area contributed by atoms with Gasteiger partial charge in [-0.15, -0.1) is 0 Å². The van der Waals surface area contributed by atoms with Gasteiger partial charge < -0.3 is 9.47 Å². The Bertz CT molecular complexity index is 1080. The molecule has 0 aromatic heterocycles.